The fraction of sp³-hybridized carbons (Fsp3) is 0.875. The van der Waals surface area contributed by atoms with Crippen molar-refractivity contribution in [3.05, 3.63) is 0 Å². The predicted molar refractivity (Wildman–Crippen MR) is 79.3 cm³/mol. The van der Waals surface area contributed by atoms with Crippen molar-refractivity contribution in [1.82, 2.24) is 10.2 Å². The van der Waals surface area contributed by atoms with Gasteiger partial charge in [0.05, 0.1) is 0 Å². The first-order chi connectivity index (χ1) is 9.60. The monoisotopic (exact) mass is 280 g/mol. The van der Waals surface area contributed by atoms with Crippen LogP contribution in [0, 0.1) is 0 Å². The summed E-state index contributed by atoms with van der Waals surface area (Å²) < 4.78 is 0. The third-order valence-corrected chi connectivity index (χ3v) is 4.84. The number of nitrogens with zero attached hydrogens (tertiary/aromatic N) is 1. The first-order valence-corrected chi connectivity index (χ1v) is 8.24. The minimum Gasteiger partial charge on any atom is -0.340 e. The molecule has 2 fully saturated rings. The van der Waals surface area contributed by atoms with Gasteiger partial charge < -0.3 is 10.2 Å². The quantitative estimate of drug-likeness (QED) is 0.760. The van der Waals surface area contributed by atoms with Crippen molar-refractivity contribution in [1.29, 1.82) is 0 Å². The molecule has 114 valence electrons. The van der Waals surface area contributed by atoms with Gasteiger partial charge in [0.2, 0.25) is 11.8 Å². The molecule has 1 aliphatic heterocycles. The second-order valence-electron chi connectivity index (χ2n) is 6.37. The van der Waals surface area contributed by atoms with Crippen molar-refractivity contribution in [3.63, 3.8) is 0 Å². The van der Waals surface area contributed by atoms with Gasteiger partial charge in [-0.15, -0.1) is 0 Å². The molecule has 4 heteroatoms. The van der Waals surface area contributed by atoms with Crippen molar-refractivity contribution >= 4 is 11.8 Å². The third kappa shape index (κ3) is 2.99. The van der Waals surface area contributed by atoms with Gasteiger partial charge in [0.25, 0.3) is 0 Å². The van der Waals surface area contributed by atoms with Crippen LogP contribution in [0.15, 0.2) is 0 Å². The molecule has 20 heavy (non-hydrogen) atoms. The first kappa shape index (κ1) is 15.3. The Morgan fingerprint density at radius 2 is 1.80 bits per heavy atom. The molecule has 1 N–H and O–H groups in total. The Kier molecular flexibility index (Phi) is 5.06. The molecule has 1 spiro atoms. The minimum atomic E-state index is -0.562. The van der Waals surface area contributed by atoms with Crippen LogP contribution in [0.1, 0.15) is 71.6 Å². The molecule has 2 aliphatic rings. The van der Waals surface area contributed by atoms with E-state index in [1.54, 1.807) is 0 Å². The molecule has 0 radical (unpaired) electrons. The number of hydrogen-bond acceptors (Lipinski definition) is 2. The second-order valence-corrected chi connectivity index (χ2v) is 6.37. The Morgan fingerprint density at radius 3 is 2.45 bits per heavy atom. The van der Waals surface area contributed by atoms with E-state index in [1.807, 2.05) is 11.8 Å². The lowest BCUT2D eigenvalue weighted by Gasteiger charge is -2.43. The van der Waals surface area contributed by atoms with E-state index >= 15 is 0 Å². The predicted octanol–water partition coefficient (Wildman–Crippen LogP) is 2.62. The number of unbranched alkanes of at least 4 members (excludes halogenated alkanes) is 4. The maximum Gasteiger partial charge on any atom is 0.248 e. The highest BCUT2D eigenvalue weighted by Crippen LogP contribution is 2.34. The number of piperazine rings is 1. The highest BCUT2D eigenvalue weighted by atomic mass is 16.2. The molecule has 1 aliphatic carbocycles. The zero-order valence-electron chi connectivity index (χ0n) is 12.9. The lowest BCUT2D eigenvalue weighted by molar-refractivity contribution is -0.154. The van der Waals surface area contributed by atoms with Crippen LogP contribution in [0.25, 0.3) is 0 Å². The van der Waals surface area contributed by atoms with Gasteiger partial charge in [0.1, 0.15) is 11.6 Å². The zero-order valence-corrected chi connectivity index (χ0v) is 12.9. The van der Waals surface area contributed by atoms with Gasteiger partial charge in [0, 0.05) is 6.54 Å². The minimum absolute atomic E-state index is 0.0278. The molecule has 0 aromatic rings. The molecule has 0 bridgehead atoms. The third-order valence-electron chi connectivity index (χ3n) is 4.84. The Morgan fingerprint density at radius 1 is 1.15 bits per heavy atom. The highest BCUT2D eigenvalue weighted by Gasteiger charge is 2.50. The van der Waals surface area contributed by atoms with Gasteiger partial charge in [0.15, 0.2) is 0 Å². The van der Waals surface area contributed by atoms with Crippen LogP contribution in [0.5, 0.6) is 0 Å². The summed E-state index contributed by atoms with van der Waals surface area (Å²) >= 11 is 0. The smallest absolute Gasteiger partial charge is 0.248 e. The van der Waals surface area contributed by atoms with Gasteiger partial charge in [-0.2, -0.15) is 0 Å². The molecule has 1 saturated carbocycles. The fourth-order valence-electron chi connectivity index (χ4n) is 3.48. The van der Waals surface area contributed by atoms with E-state index in [2.05, 4.69) is 12.2 Å². The maximum absolute atomic E-state index is 12.7. The number of hydrogen-bond donors (Lipinski definition) is 1. The molecule has 2 rings (SSSR count). The molecule has 1 atom stereocenters. The summed E-state index contributed by atoms with van der Waals surface area (Å²) in [5, 5.41) is 3.00. The van der Waals surface area contributed by atoms with Gasteiger partial charge in [-0.3, -0.25) is 9.59 Å². The van der Waals surface area contributed by atoms with E-state index in [9.17, 15) is 9.59 Å². The van der Waals surface area contributed by atoms with Crippen LogP contribution < -0.4 is 5.32 Å². The average Bonchev–Trinajstić information content (AvgIpc) is 2.89. The van der Waals surface area contributed by atoms with E-state index in [4.69, 9.17) is 0 Å². The molecule has 2 amide bonds. The van der Waals surface area contributed by atoms with Gasteiger partial charge >= 0.3 is 0 Å². The number of amides is 2. The Labute approximate surface area is 122 Å². The van der Waals surface area contributed by atoms with Crippen molar-refractivity contribution in [3.8, 4) is 0 Å². The molecule has 1 unspecified atom stereocenters. The summed E-state index contributed by atoms with van der Waals surface area (Å²) in [6.45, 7) is 4.78. The SMILES string of the molecule is CCCCCCCN1C(=O)C2(CCCC2)NC(=O)C1C. The second kappa shape index (κ2) is 6.59. The summed E-state index contributed by atoms with van der Waals surface area (Å²) in [7, 11) is 0. The molecule has 1 saturated heterocycles. The number of nitrogens with one attached hydrogen (secondary N) is 1. The van der Waals surface area contributed by atoms with Crippen LogP contribution in [0.4, 0.5) is 0 Å². The van der Waals surface area contributed by atoms with E-state index in [0.29, 0.717) is 0 Å². The molecule has 4 nitrogen and oxygen atoms in total. The van der Waals surface area contributed by atoms with Gasteiger partial charge in [-0.1, -0.05) is 45.4 Å². The normalized spacial score (nSPS) is 25.3. The van der Waals surface area contributed by atoms with Gasteiger partial charge in [-0.25, -0.2) is 0 Å². The molecular weight excluding hydrogens is 252 g/mol. The molecule has 1 heterocycles. The highest BCUT2D eigenvalue weighted by molar-refractivity contribution is 5.99. The van der Waals surface area contributed by atoms with Crippen LogP contribution >= 0.6 is 0 Å². The summed E-state index contributed by atoms with van der Waals surface area (Å²) in [6, 6.07) is -0.306. The van der Waals surface area contributed by atoms with Crippen molar-refractivity contribution < 1.29 is 9.59 Å². The average molecular weight is 280 g/mol. The fourth-order valence-corrected chi connectivity index (χ4v) is 3.48. The van der Waals surface area contributed by atoms with Crippen LogP contribution in [-0.4, -0.2) is 34.8 Å². The van der Waals surface area contributed by atoms with Gasteiger partial charge in [-0.05, 0) is 26.2 Å². The summed E-state index contributed by atoms with van der Waals surface area (Å²) in [4.78, 5) is 26.7. The Hall–Kier alpha value is -1.06. The zero-order chi connectivity index (χ0) is 14.6. The van der Waals surface area contributed by atoms with E-state index < -0.39 is 5.54 Å². The summed E-state index contributed by atoms with van der Waals surface area (Å²) in [5.41, 5.74) is -0.562. The maximum atomic E-state index is 12.7. The number of carbonyl (C=O) groups excluding carboxylic acids is 2. The topological polar surface area (TPSA) is 49.4 Å². The summed E-state index contributed by atoms with van der Waals surface area (Å²) in [6.07, 6.45) is 9.60. The standard InChI is InChI=1S/C16H28N2O2/c1-3-4-5-6-9-12-18-13(2)14(19)17-16(15(18)20)10-7-8-11-16/h13H,3-12H2,1-2H3,(H,17,19). The first-order valence-electron chi connectivity index (χ1n) is 8.24. The van der Waals surface area contributed by atoms with Crippen molar-refractivity contribution in [2.45, 2.75) is 83.2 Å². The molecular formula is C16H28N2O2. The van der Waals surface area contributed by atoms with E-state index in [1.165, 1.54) is 19.3 Å². The molecule has 0 aromatic carbocycles. The lowest BCUT2D eigenvalue weighted by atomic mass is 9.91. The number of carbonyl (C=O) groups is 2. The van der Waals surface area contributed by atoms with Crippen molar-refractivity contribution in [2.75, 3.05) is 6.54 Å². The van der Waals surface area contributed by atoms with Crippen LogP contribution in [0.2, 0.25) is 0 Å². The van der Waals surface area contributed by atoms with E-state index in [0.717, 1.165) is 45.1 Å². The van der Waals surface area contributed by atoms with Crippen LogP contribution in [0.3, 0.4) is 0 Å². The largest absolute Gasteiger partial charge is 0.340 e. The van der Waals surface area contributed by atoms with Crippen molar-refractivity contribution in [2.24, 2.45) is 0 Å². The van der Waals surface area contributed by atoms with Crippen LogP contribution in [-0.2, 0) is 9.59 Å². The Bertz CT molecular complexity index is 361. The van der Waals surface area contributed by atoms with E-state index in [-0.39, 0.29) is 17.9 Å². The lowest BCUT2D eigenvalue weighted by Crippen LogP contribution is -2.68. The Balaban J connectivity index is 1.94. The number of rotatable bonds is 6. The molecule has 0 aromatic heterocycles. The summed E-state index contributed by atoms with van der Waals surface area (Å²) in [5.74, 6) is 0.192.